The molecular formula is C87H136O17P2. The zero-order chi connectivity index (χ0) is 77.4. The predicted molar refractivity (Wildman–Crippen MR) is 435 cm³/mol. The summed E-state index contributed by atoms with van der Waals surface area (Å²) in [5, 5.41) is 10.6. The summed E-state index contributed by atoms with van der Waals surface area (Å²) in [4.78, 5) is 73.0. The lowest BCUT2D eigenvalue weighted by Gasteiger charge is -2.21. The Morgan fingerprint density at radius 3 is 0.811 bits per heavy atom. The second-order valence-electron chi connectivity index (χ2n) is 25.1. The molecule has 0 fully saturated rings. The van der Waals surface area contributed by atoms with E-state index in [1.165, 1.54) is 0 Å². The van der Waals surface area contributed by atoms with Crippen molar-refractivity contribution in [3.63, 3.8) is 0 Å². The molecule has 0 aromatic heterocycles. The first-order valence-corrected chi connectivity index (χ1v) is 42.3. The summed E-state index contributed by atoms with van der Waals surface area (Å²) in [6.45, 7) is 4.17. The lowest BCUT2D eigenvalue weighted by molar-refractivity contribution is -0.161. The number of aliphatic hydroxyl groups excluding tert-OH is 1. The van der Waals surface area contributed by atoms with Crippen LogP contribution < -0.4 is 0 Å². The van der Waals surface area contributed by atoms with Crippen LogP contribution >= 0.6 is 15.6 Å². The van der Waals surface area contributed by atoms with Gasteiger partial charge in [-0.3, -0.25) is 37.3 Å². The van der Waals surface area contributed by atoms with Gasteiger partial charge in [0.2, 0.25) is 0 Å². The predicted octanol–water partition coefficient (Wildman–Crippen LogP) is 23.1. The third-order valence-electron chi connectivity index (χ3n) is 15.3. The van der Waals surface area contributed by atoms with E-state index >= 15 is 0 Å². The number of esters is 4. The Balaban J connectivity index is 5.52. The van der Waals surface area contributed by atoms with E-state index in [2.05, 4.69) is 210 Å². The summed E-state index contributed by atoms with van der Waals surface area (Å²) < 4.78 is 68.4. The Bertz CT molecular complexity index is 2830. The van der Waals surface area contributed by atoms with E-state index in [0.29, 0.717) is 32.1 Å². The minimum atomic E-state index is -5.02. The molecule has 0 rings (SSSR count). The molecule has 0 aliphatic heterocycles. The molecule has 106 heavy (non-hydrogen) atoms. The lowest BCUT2D eigenvalue weighted by Crippen LogP contribution is -2.30. The Morgan fingerprint density at radius 2 is 0.500 bits per heavy atom. The highest BCUT2D eigenvalue weighted by molar-refractivity contribution is 7.47. The molecule has 0 saturated heterocycles. The van der Waals surface area contributed by atoms with E-state index in [-0.39, 0.29) is 25.7 Å². The highest BCUT2D eigenvalue weighted by Gasteiger charge is 2.30. The number of allylic oxidation sites excluding steroid dienone is 33. The second-order valence-corrected chi connectivity index (χ2v) is 28.0. The Labute approximate surface area is 639 Å². The summed E-state index contributed by atoms with van der Waals surface area (Å²) >= 11 is 0. The van der Waals surface area contributed by atoms with Gasteiger partial charge < -0.3 is 33.8 Å². The van der Waals surface area contributed by atoms with E-state index < -0.39 is 97.5 Å². The largest absolute Gasteiger partial charge is 0.472 e. The summed E-state index contributed by atoms with van der Waals surface area (Å²) in [7, 11) is -10.0. The van der Waals surface area contributed by atoms with Crippen molar-refractivity contribution in [3.05, 3.63) is 207 Å². The highest BCUT2D eigenvalue weighted by Crippen LogP contribution is 2.45. The first-order valence-electron chi connectivity index (χ1n) is 39.3. The van der Waals surface area contributed by atoms with Crippen LogP contribution in [0, 0.1) is 0 Å². The van der Waals surface area contributed by atoms with Crippen LogP contribution in [0.25, 0.3) is 0 Å². The number of aliphatic hydroxyl groups is 1. The average molecular weight is 1520 g/mol. The van der Waals surface area contributed by atoms with Crippen molar-refractivity contribution in [2.45, 2.75) is 277 Å². The zero-order valence-electron chi connectivity index (χ0n) is 65.0. The monoisotopic (exact) mass is 1510 g/mol. The van der Waals surface area contributed by atoms with Crippen molar-refractivity contribution < 1.29 is 80.2 Å². The van der Waals surface area contributed by atoms with Crippen molar-refractivity contribution in [2.75, 3.05) is 39.6 Å². The summed E-state index contributed by atoms with van der Waals surface area (Å²) in [5.74, 6) is -2.44. The Morgan fingerprint density at radius 1 is 0.274 bits per heavy atom. The molecule has 0 saturated carbocycles. The van der Waals surface area contributed by atoms with Crippen LogP contribution in [0.1, 0.15) is 259 Å². The molecule has 0 bridgehead atoms. The first kappa shape index (κ1) is 99.6. The van der Waals surface area contributed by atoms with Gasteiger partial charge in [-0.15, -0.1) is 0 Å². The van der Waals surface area contributed by atoms with E-state index in [1.807, 2.05) is 12.2 Å². The number of rotatable bonds is 71. The maximum atomic E-state index is 13.1. The van der Waals surface area contributed by atoms with Crippen LogP contribution in [0.5, 0.6) is 0 Å². The molecule has 0 amide bonds. The van der Waals surface area contributed by atoms with Gasteiger partial charge in [0, 0.05) is 19.3 Å². The van der Waals surface area contributed by atoms with Gasteiger partial charge in [-0.1, -0.05) is 273 Å². The Kier molecular flexibility index (Phi) is 72.2. The number of phosphoric ester groups is 2. The molecule has 5 unspecified atom stereocenters. The quantitative estimate of drug-likeness (QED) is 0.0169. The van der Waals surface area contributed by atoms with Gasteiger partial charge in [0.15, 0.2) is 12.2 Å². The van der Waals surface area contributed by atoms with Crippen molar-refractivity contribution in [3.8, 4) is 0 Å². The van der Waals surface area contributed by atoms with Crippen molar-refractivity contribution >= 4 is 39.5 Å². The number of ether oxygens (including phenoxy) is 4. The summed E-state index contributed by atoms with van der Waals surface area (Å²) in [5.41, 5.74) is 0. The normalized spacial score (nSPS) is 15.0. The van der Waals surface area contributed by atoms with Gasteiger partial charge in [0.05, 0.1) is 32.8 Å². The topological polar surface area (TPSA) is 237 Å². The van der Waals surface area contributed by atoms with Gasteiger partial charge in [-0.05, 0) is 167 Å². The van der Waals surface area contributed by atoms with Crippen molar-refractivity contribution in [1.82, 2.24) is 0 Å². The minimum Gasteiger partial charge on any atom is -0.462 e. The van der Waals surface area contributed by atoms with Crippen molar-refractivity contribution in [1.29, 1.82) is 0 Å². The van der Waals surface area contributed by atoms with Crippen molar-refractivity contribution in [2.24, 2.45) is 0 Å². The molecule has 0 spiro atoms. The molecule has 17 nitrogen and oxygen atoms in total. The van der Waals surface area contributed by atoms with E-state index in [9.17, 15) is 43.2 Å². The number of hydrogen-bond acceptors (Lipinski definition) is 15. The minimum absolute atomic E-state index is 0.0275. The van der Waals surface area contributed by atoms with E-state index in [0.717, 1.165) is 173 Å². The molecule has 19 heteroatoms. The fourth-order valence-electron chi connectivity index (χ4n) is 9.44. The first-order chi connectivity index (χ1) is 51.7. The fraction of sp³-hybridized carbons (Fsp3) is 0.563. The third kappa shape index (κ3) is 75.9. The maximum absolute atomic E-state index is 13.1. The second kappa shape index (κ2) is 76.8. The molecule has 0 heterocycles. The number of carbonyl (C=O) groups is 4. The molecule has 596 valence electrons. The van der Waals surface area contributed by atoms with Crippen LogP contribution in [0.4, 0.5) is 0 Å². The van der Waals surface area contributed by atoms with E-state index in [4.69, 9.17) is 37.0 Å². The summed E-state index contributed by atoms with van der Waals surface area (Å²) in [6, 6.07) is 0. The van der Waals surface area contributed by atoms with Gasteiger partial charge in [0.1, 0.15) is 19.3 Å². The zero-order valence-corrected chi connectivity index (χ0v) is 66.8. The lowest BCUT2D eigenvalue weighted by atomic mass is 10.1. The number of carbonyl (C=O) groups excluding carboxylic acids is 4. The van der Waals surface area contributed by atoms with Gasteiger partial charge in [-0.2, -0.15) is 0 Å². The number of phosphoric acid groups is 2. The van der Waals surface area contributed by atoms with Gasteiger partial charge in [0.25, 0.3) is 0 Å². The van der Waals surface area contributed by atoms with Crippen LogP contribution in [0.2, 0.25) is 0 Å². The molecule has 5 atom stereocenters. The van der Waals surface area contributed by atoms with Crippen LogP contribution in [0.15, 0.2) is 207 Å². The molecule has 0 radical (unpaired) electrons. The van der Waals surface area contributed by atoms with Crippen LogP contribution in [0.3, 0.4) is 0 Å². The van der Waals surface area contributed by atoms with Gasteiger partial charge >= 0.3 is 39.5 Å². The van der Waals surface area contributed by atoms with Crippen LogP contribution in [-0.2, 0) is 65.4 Å². The standard InChI is InChI=1S/C87H136O17P2/c1-5-9-13-17-21-25-29-33-37-39-40-42-46-48-52-56-60-64-68-72-85(90)98-78-83(104-87(92)74-70-66-62-58-54-50-44-36-32-28-24-20-16-12-8-4)80-102-106(95,96)100-76-81(88)75-99-105(93,94)101-79-82(103-86(91)73-69-65-61-57-53-49-43-35-31-27-23-19-15-11-7-3)77-97-84(89)71-67-63-59-55-51-47-45-41-38-34-30-26-22-18-14-10-6-2/h9-16,21-28,33-38,40,42-45,47,53-54,57-58,65,69,81-83,88H,5-8,17-20,29-32,39,41,46,48-52,55-56,59-64,66-68,70-80H2,1-4H3,(H,93,94)(H,95,96)/b13-9-,14-10-,15-11-,16-12-,25-21-,26-22-,27-23-,28-24-,37-33-,38-34-,42-40-,43-35-,44-36-,47-45-,57-53-,58-54-,69-65-. The molecular weight excluding hydrogens is 1380 g/mol. The van der Waals surface area contributed by atoms with E-state index in [1.54, 1.807) is 12.2 Å². The maximum Gasteiger partial charge on any atom is 0.472 e. The van der Waals surface area contributed by atoms with Gasteiger partial charge in [-0.25, -0.2) is 9.13 Å². The molecule has 0 aliphatic carbocycles. The Hall–Kier alpha value is -6.36. The smallest absolute Gasteiger partial charge is 0.462 e. The highest BCUT2D eigenvalue weighted by atomic mass is 31.2. The number of hydrogen-bond donors (Lipinski definition) is 3. The number of unbranched alkanes of at least 4 members (excludes halogenated alkanes) is 12. The molecule has 3 N–H and O–H groups in total. The van der Waals surface area contributed by atoms with Crippen LogP contribution in [-0.4, -0.2) is 96.7 Å². The molecule has 0 aromatic rings. The average Bonchev–Trinajstić information content (AvgIpc) is 0.902. The molecule has 0 aromatic carbocycles. The summed E-state index contributed by atoms with van der Waals surface area (Å²) in [6.07, 6.45) is 95.6. The SMILES string of the molecule is CC/C=C\C/C=C\C/C=C\C/C=C\C/C=C\CC(=O)OC(COC(=O)CCCCCC/C=C\C/C=C\C/C=C\C/C=C\CC)COP(=O)(O)OCC(O)COP(=O)(O)OCC(COC(=O)CCCCCCCC/C=C\C/C=C\C/C=C\C/C=C\CC)OC(=O)CCCC/C=C\C/C=C\C/C=C\C/C=C\CC. The third-order valence-corrected chi connectivity index (χ3v) is 17.2. The fourth-order valence-corrected chi connectivity index (χ4v) is 11.0. The molecule has 0 aliphatic rings.